The van der Waals surface area contributed by atoms with Gasteiger partial charge in [-0.2, -0.15) is 0 Å². The second kappa shape index (κ2) is 6.67. The number of hydrogen-bond donors (Lipinski definition) is 2. The van der Waals surface area contributed by atoms with Gasteiger partial charge in [0.05, 0.1) is 11.9 Å². The molecule has 1 heterocycles. The van der Waals surface area contributed by atoms with Gasteiger partial charge in [-0.1, -0.05) is 0 Å². The second-order valence-electron chi connectivity index (χ2n) is 5.86. The highest BCUT2D eigenvalue weighted by Gasteiger charge is 2.17. The van der Waals surface area contributed by atoms with E-state index in [0.29, 0.717) is 0 Å². The van der Waals surface area contributed by atoms with Crippen LogP contribution in [0.1, 0.15) is 31.3 Å². The van der Waals surface area contributed by atoms with Crippen molar-refractivity contribution in [3.05, 3.63) is 24.0 Å². The van der Waals surface area contributed by atoms with E-state index in [9.17, 15) is 4.79 Å². The van der Waals surface area contributed by atoms with E-state index in [1.54, 1.807) is 17.7 Å². The Kier molecular flexibility index (Phi) is 5.47. The largest absolute Gasteiger partial charge is 0.372 e. The van der Waals surface area contributed by atoms with Gasteiger partial charge < -0.3 is 4.90 Å². The average Bonchev–Trinajstić information content (AvgIpc) is 2.42. The third-order valence-corrected chi connectivity index (χ3v) is 3.44. The van der Waals surface area contributed by atoms with Gasteiger partial charge in [-0.25, -0.2) is 10.5 Å². The van der Waals surface area contributed by atoms with E-state index < -0.39 is 5.91 Å². The lowest BCUT2D eigenvalue weighted by atomic mass is 10.1. The molecule has 1 rings (SSSR count). The minimum absolute atomic E-state index is 0.141. The summed E-state index contributed by atoms with van der Waals surface area (Å²) >= 11 is 0. The van der Waals surface area contributed by atoms with Gasteiger partial charge in [-0.05, 0) is 40.0 Å². The van der Waals surface area contributed by atoms with Gasteiger partial charge in [-0.15, -0.1) is 0 Å². The Morgan fingerprint density at radius 1 is 1.30 bits per heavy atom. The van der Waals surface area contributed by atoms with Gasteiger partial charge in [0.1, 0.15) is 5.69 Å². The van der Waals surface area contributed by atoms with Gasteiger partial charge in [0.2, 0.25) is 0 Å². The van der Waals surface area contributed by atoms with Crippen molar-refractivity contribution < 1.29 is 10.0 Å². The predicted octanol–water partition coefficient (Wildman–Crippen LogP) is 1.37. The Morgan fingerprint density at radius 2 is 1.95 bits per heavy atom. The van der Waals surface area contributed by atoms with Gasteiger partial charge in [0, 0.05) is 25.7 Å². The summed E-state index contributed by atoms with van der Waals surface area (Å²) in [5.74, 6) is -0.605. The molecule has 0 unspecified atom stereocenters. The summed E-state index contributed by atoms with van der Waals surface area (Å²) < 4.78 is 0. The maximum absolute atomic E-state index is 11.2. The fourth-order valence-electron chi connectivity index (χ4n) is 1.57. The van der Waals surface area contributed by atoms with Crippen LogP contribution in [0.15, 0.2) is 18.3 Å². The molecule has 0 spiro atoms. The fraction of sp³-hybridized carbons (Fsp3) is 0.571. The summed E-state index contributed by atoms with van der Waals surface area (Å²) in [6, 6.07) is 3.40. The van der Waals surface area contributed by atoms with E-state index in [1.165, 1.54) is 0 Å². The predicted molar refractivity (Wildman–Crippen MR) is 79.1 cm³/mol. The zero-order valence-corrected chi connectivity index (χ0v) is 12.8. The van der Waals surface area contributed by atoms with Crippen LogP contribution < -0.4 is 10.4 Å². The van der Waals surface area contributed by atoms with Crippen LogP contribution >= 0.6 is 0 Å². The molecule has 1 aromatic rings. The quantitative estimate of drug-likeness (QED) is 0.630. The first-order chi connectivity index (χ1) is 9.25. The molecule has 0 radical (unpaired) electrons. The topological polar surface area (TPSA) is 68.7 Å². The molecular formula is C14H24N4O2. The van der Waals surface area contributed by atoms with Crippen molar-refractivity contribution in [2.75, 3.05) is 32.1 Å². The molecule has 1 aromatic heterocycles. The first kappa shape index (κ1) is 16.4. The van der Waals surface area contributed by atoms with Crippen molar-refractivity contribution in [2.45, 2.75) is 26.3 Å². The standard InChI is InChI=1S/C14H24N4O2/c1-14(2,3)18(5)9-8-17(4)11-6-7-12(15-10-11)13(19)16-20/h6-7,10,20H,8-9H2,1-5H3,(H,16,19). The Balaban J connectivity index is 2.60. The van der Waals surface area contributed by atoms with E-state index in [-0.39, 0.29) is 11.2 Å². The minimum Gasteiger partial charge on any atom is -0.372 e. The fourth-order valence-corrected chi connectivity index (χ4v) is 1.57. The maximum atomic E-state index is 11.2. The Hall–Kier alpha value is -1.66. The number of amides is 1. The van der Waals surface area contributed by atoms with Crippen molar-refractivity contribution in [3.8, 4) is 0 Å². The number of aromatic nitrogens is 1. The van der Waals surface area contributed by atoms with E-state index >= 15 is 0 Å². The van der Waals surface area contributed by atoms with Crippen LogP contribution in [0.2, 0.25) is 0 Å². The highest BCUT2D eigenvalue weighted by Crippen LogP contribution is 2.13. The number of pyridine rings is 1. The monoisotopic (exact) mass is 280 g/mol. The molecule has 0 aliphatic carbocycles. The van der Waals surface area contributed by atoms with Crippen molar-refractivity contribution in [3.63, 3.8) is 0 Å². The summed E-state index contributed by atoms with van der Waals surface area (Å²) in [5.41, 5.74) is 2.83. The Labute approximate surface area is 120 Å². The zero-order valence-electron chi connectivity index (χ0n) is 12.8. The van der Waals surface area contributed by atoms with Crippen LogP contribution in [-0.2, 0) is 0 Å². The third kappa shape index (κ3) is 4.47. The highest BCUT2D eigenvalue weighted by molar-refractivity contribution is 5.91. The normalized spacial score (nSPS) is 11.6. The molecule has 0 fully saturated rings. The van der Waals surface area contributed by atoms with Crippen molar-refractivity contribution in [1.82, 2.24) is 15.4 Å². The lowest BCUT2D eigenvalue weighted by Gasteiger charge is -2.33. The van der Waals surface area contributed by atoms with Gasteiger partial charge >= 0.3 is 0 Å². The van der Waals surface area contributed by atoms with Crippen LogP contribution in [0, 0.1) is 0 Å². The molecular weight excluding hydrogens is 256 g/mol. The van der Waals surface area contributed by atoms with E-state index in [0.717, 1.165) is 18.8 Å². The van der Waals surface area contributed by atoms with Gasteiger partial charge in [-0.3, -0.25) is 14.9 Å². The van der Waals surface area contributed by atoms with E-state index in [4.69, 9.17) is 5.21 Å². The van der Waals surface area contributed by atoms with E-state index in [1.807, 2.05) is 13.1 Å². The summed E-state index contributed by atoms with van der Waals surface area (Å²) in [5, 5.41) is 8.53. The minimum atomic E-state index is -0.605. The number of rotatable bonds is 5. The molecule has 6 heteroatoms. The maximum Gasteiger partial charge on any atom is 0.293 e. The lowest BCUT2D eigenvalue weighted by Crippen LogP contribution is -2.42. The Morgan fingerprint density at radius 3 is 2.40 bits per heavy atom. The van der Waals surface area contributed by atoms with Crippen LogP contribution in [0.5, 0.6) is 0 Å². The molecule has 0 aliphatic heterocycles. The van der Waals surface area contributed by atoms with Crippen LogP contribution in [0.4, 0.5) is 5.69 Å². The third-order valence-electron chi connectivity index (χ3n) is 3.44. The first-order valence-electron chi connectivity index (χ1n) is 6.58. The average molecular weight is 280 g/mol. The van der Waals surface area contributed by atoms with Crippen LogP contribution in [-0.4, -0.2) is 53.7 Å². The van der Waals surface area contributed by atoms with Gasteiger partial charge in [0.15, 0.2) is 0 Å². The number of hydrogen-bond acceptors (Lipinski definition) is 5. The molecule has 112 valence electrons. The molecule has 0 aliphatic rings. The number of likely N-dealkylation sites (N-methyl/N-ethyl adjacent to an activating group) is 2. The molecule has 20 heavy (non-hydrogen) atoms. The summed E-state index contributed by atoms with van der Waals surface area (Å²) in [4.78, 5) is 19.6. The van der Waals surface area contributed by atoms with Crippen LogP contribution in [0.25, 0.3) is 0 Å². The number of carbonyl (C=O) groups is 1. The number of hydroxylamine groups is 1. The van der Waals surface area contributed by atoms with Crippen molar-refractivity contribution >= 4 is 11.6 Å². The number of carbonyl (C=O) groups excluding carboxylic acids is 1. The molecule has 2 N–H and O–H groups in total. The summed E-state index contributed by atoms with van der Waals surface area (Å²) in [7, 11) is 4.08. The molecule has 6 nitrogen and oxygen atoms in total. The lowest BCUT2D eigenvalue weighted by molar-refractivity contribution is 0.0701. The number of nitrogens with zero attached hydrogens (tertiary/aromatic N) is 3. The smallest absolute Gasteiger partial charge is 0.293 e. The number of anilines is 1. The SMILES string of the molecule is CN(CCN(C)C(C)(C)C)c1ccc(C(=O)NO)nc1. The molecule has 1 amide bonds. The zero-order chi connectivity index (χ0) is 15.3. The molecule has 0 saturated heterocycles. The molecule has 0 bridgehead atoms. The summed E-state index contributed by atoms with van der Waals surface area (Å²) in [6.07, 6.45) is 1.63. The van der Waals surface area contributed by atoms with E-state index in [2.05, 4.69) is 42.6 Å². The molecule has 0 saturated carbocycles. The van der Waals surface area contributed by atoms with Crippen molar-refractivity contribution in [1.29, 1.82) is 0 Å². The Bertz CT molecular complexity index is 439. The first-order valence-corrected chi connectivity index (χ1v) is 6.58. The van der Waals surface area contributed by atoms with Gasteiger partial charge in [0.25, 0.3) is 5.91 Å². The van der Waals surface area contributed by atoms with Crippen LogP contribution in [0.3, 0.4) is 0 Å². The highest BCUT2D eigenvalue weighted by atomic mass is 16.5. The molecule has 0 atom stereocenters. The number of nitrogens with one attached hydrogen (secondary N) is 1. The molecule has 0 aromatic carbocycles. The summed E-state index contributed by atoms with van der Waals surface area (Å²) in [6.45, 7) is 8.32. The van der Waals surface area contributed by atoms with Crippen molar-refractivity contribution in [2.24, 2.45) is 0 Å². The second-order valence-corrected chi connectivity index (χ2v) is 5.86.